The molecule has 0 saturated heterocycles. The van der Waals surface area contributed by atoms with Gasteiger partial charge in [-0.25, -0.2) is 4.79 Å². The Balaban J connectivity index is 1.53. The average molecular weight is 447 g/mol. The van der Waals surface area contributed by atoms with Gasteiger partial charge in [0.1, 0.15) is 18.9 Å². The highest BCUT2D eigenvalue weighted by atomic mass is 19.4. The molecule has 1 amide bonds. The molecule has 0 atom stereocenters. The fraction of sp³-hybridized carbons (Fsp3) is 0.227. The molecule has 7 nitrogen and oxygen atoms in total. The number of aromatic nitrogens is 2. The van der Waals surface area contributed by atoms with Gasteiger partial charge in [0.15, 0.2) is 0 Å². The summed E-state index contributed by atoms with van der Waals surface area (Å²) in [5.41, 5.74) is -1.14. The summed E-state index contributed by atoms with van der Waals surface area (Å²) in [5.74, 6) is -0.354. The fourth-order valence-corrected chi connectivity index (χ4v) is 2.90. The van der Waals surface area contributed by atoms with Gasteiger partial charge in [-0.15, -0.1) is 0 Å². The number of ether oxygens (including phenoxy) is 1. The van der Waals surface area contributed by atoms with Gasteiger partial charge in [0, 0.05) is 12.3 Å². The van der Waals surface area contributed by atoms with Gasteiger partial charge in [0.25, 0.3) is 5.56 Å². The fourth-order valence-electron chi connectivity index (χ4n) is 2.90. The van der Waals surface area contributed by atoms with Crippen LogP contribution in [-0.2, 0) is 24.1 Å². The number of alkyl halides is 3. The number of hydrogen-bond donors (Lipinski definition) is 1. The number of amides is 1. The topological polar surface area (TPSA) is 82.3 Å². The van der Waals surface area contributed by atoms with E-state index in [9.17, 15) is 27.6 Å². The molecule has 3 rings (SSSR count). The van der Waals surface area contributed by atoms with Crippen LogP contribution in [0.15, 0.2) is 76.4 Å². The quantitative estimate of drug-likeness (QED) is 0.537. The highest BCUT2D eigenvalue weighted by Gasteiger charge is 2.30. The van der Waals surface area contributed by atoms with Gasteiger partial charge in [-0.05, 0) is 29.8 Å². The second kappa shape index (κ2) is 9.99. The largest absolute Gasteiger partial charge is 0.492 e. The van der Waals surface area contributed by atoms with Crippen molar-refractivity contribution in [1.29, 1.82) is 0 Å². The van der Waals surface area contributed by atoms with Crippen LogP contribution >= 0.6 is 0 Å². The van der Waals surface area contributed by atoms with Gasteiger partial charge in [-0.1, -0.05) is 30.3 Å². The smallest absolute Gasteiger partial charge is 0.416 e. The van der Waals surface area contributed by atoms with Crippen LogP contribution in [0.3, 0.4) is 0 Å². The third kappa shape index (κ3) is 6.10. The number of halogens is 3. The Morgan fingerprint density at radius 2 is 1.66 bits per heavy atom. The summed E-state index contributed by atoms with van der Waals surface area (Å²) < 4.78 is 45.1. The molecule has 168 valence electrons. The Morgan fingerprint density at radius 1 is 0.969 bits per heavy atom. The molecule has 32 heavy (non-hydrogen) atoms. The van der Waals surface area contributed by atoms with E-state index in [-0.39, 0.29) is 25.4 Å². The molecule has 0 unspecified atom stereocenters. The monoisotopic (exact) mass is 447 g/mol. The van der Waals surface area contributed by atoms with Crippen molar-refractivity contribution in [3.63, 3.8) is 0 Å². The maximum absolute atomic E-state index is 12.6. The van der Waals surface area contributed by atoms with Gasteiger partial charge in [-0.2, -0.15) is 13.2 Å². The lowest BCUT2D eigenvalue weighted by Gasteiger charge is -2.11. The van der Waals surface area contributed by atoms with E-state index in [0.29, 0.717) is 0 Å². The zero-order valence-electron chi connectivity index (χ0n) is 16.8. The molecule has 10 heteroatoms. The van der Waals surface area contributed by atoms with E-state index in [1.807, 2.05) is 30.3 Å². The van der Waals surface area contributed by atoms with Crippen molar-refractivity contribution in [1.82, 2.24) is 14.5 Å². The van der Waals surface area contributed by atoms with Crippen LogP contribution in [0.4, 0.5) is 13.2 Å². The molecular weight excluding hydrogens is 427 g/mol. The zero-order valence-corrected chi connectivity index (χ0v) is 16.8. The highest BCUT2D eigenvalue weighted by Crippen LogP contribution is 2.30. The number of benzene rings is 2. The van der Waals surface area contributed by atoms with Gasteiger partial charge >= 0.3 is 11.9 Å². The summed E-state index contributed by atoms with van der Waals surface area (Å²) in [4.78, 5) is 36.8. The predicted octanol–water partition coefficient (Wildman–Crippen LogP) is 2.27. The van der Waals surface area contributed by atoms with Gasteiger partial charge < -0.3 is 10.1 Å². The van der Waals surface area contributed by atoms with Crippen molar-refractivity contribution in [2.45, 2.75) is 19.3 Å². The standard InChI is InChI=1S/C22H20F3N3O4/c23-22(24,25)17-6-8-18(9-7-17)32-13-11-26-19(29)15-28-20(30)10-12-27(21(28)31)14-16-4-2-1-3-5-16/h1-10,12H,11,13-15H2,(H,26,29). The lowest BCUT2D eigenvalue weighted by molar-refractivity contribution is -0.137. The van der Waals surface area contributed by atoms with Crippen LogP contribution < -0.4 is 21.3 Å². The molecule has 0 aliphatic heterocycles. The van der Waals surface area contributed by atoms with Crippen molar-refractivity contribution in [2.24, 2.45) is 0 Å². The molecular formula is C22H20F3N3O4. The second-order valence-electron chi connectivity index (χ2n) is 6.86. The van der Waals surface area contributed by atoms with Crippen LogP contribution in [0.25, 0.3) is 0 Å². The summed E-state index contributed by atoms with van der Waals surface area (Å²) >= 11 is 0. The maximum Gasteiger partial charge on any atom is 0.416 e. The number of rotatable bonds is 8. The third-order valence-electron chi connectivity index (χ3n) is 4.51. The lowest BCUT2D eigenvalue weighted by atomic mass is 10.2. The summed E-state index contributed by atoms with van der Waals surface area (Å²) in [7, 11) is 0. The van der Waals surface area contributed by atoms with Crippen molar-refractivity contribution in [3.05, 3.63) is 98.8 Å². The predicted molar refractivity (Wildman–Crippen MR) is 110 cm³/mol. The van der Waals surface area contributed by atoms with Crippen LogP contribution in [0.5, 0.6) is 5.75 Å². The van der Waals surface area contributed by atoms with Crippen molar-refractivity contribution < 1.29 is 22.7 Å². The molecule has 0 aliphatic rings. The normalized spacial score (nSPS) is 11.2. The molecule has 0 aliphatic carbocycles. The summed E-state index contributed by atoms with van der Waals surface area (Å²) in [6.45, 7) is -0.172. The first-order valence-electron chi connectivity index (χ1n) is 9.65. The molecule has 0 fully saturated rings. The molecule has 0 bridgehead atoms. The van der Waals surface area contributed by atoms with E-state index in [1.165, 1.54) is 29.0 Å². The summed E-state index contributed by atoms with van der Waals surface area (Å²) in [6, 6.07) is 14.6. The highest BCUT2D eigenvalue weighted by molar-refractivity contribution is 5.75. The Hall–Kier alpha value is -3.82. The molecule has 1 aromatic heterocycles. The molecule has 0 saturated carbocycles. The van der Waals surface area contributed by atoms with Crippen LogP contribution in [0.1, 0.15) is 11.1 Å². The SMILES string of the molecule is O=C(Cn1c(=O)ccn(Cc2ccccc2)c1=O)NCCOc1ccc(C(F)(F)F)cc1. The summed E-state index contributed by atoms with van der Waals surface area (Å²) in [6.07, 6.45) is -3.05. The minimum atomic E-state index is -4.43. The van der Waals surface area contributed by atoms with E-state index in [0.717, 1.165) is 22.3 Å². The van der Waals surface area contributed by atoms with Crippen LogP contribution in [-0.4, -0.2) is 28.2 Å². The lowest BCUT2D eigenvalue weighted by Crippen LogP contribution is -2.43. The Morgan fingerprint density at radius 3 is 2.31 bits per heavy atom. The minimum Gasteiger partial charge on any atom is -0.492 e. The van der Waals surface area contributed by atoms with Gasteiger partial charge in [0.05, 0.1) is 18.7 Å². The maximum atomic E-state index is 12.6. The van der Waals surface area contributed by atoms with Crippen LogP contribution in [0, 0.1) is 0 Å². The van der Waals surface area contributed by atoms with Crippen LogP contribution in [0.2, 0.25) is 0 Å². The number of nitrogens with zero attached hydrogens (tertiary/aromatic N) is 2. The Kier molecular flexibility index (Phi) is 7.14. The van der Waals surface area contributed by atoms with E-state index in [4.69, 9.17) is 4.74 Å². The first-order valence-corrected chi connectivity index (χ1v) is 9.65. The van der Waals surface area contributed by atoms with E-state index < -0.39 is 35.4 Å². The average Bonchev–Trinajstić information content (AvgIpc) is 2.77. The molecule has 3 aromatic rings. The first kappa shape index (κ1) is 22.9. The van der Waals surface area contributed by atoms with Crippen molar-refractivity contribution in [3.8, 4) is 5.75 Å². The van der Waals surface area contributed by atoms with Crippen molar-refractivity contribution >= 4 is 5.91 Å². The Labute approximate surface area is 180 Å². The third-order valence-corrected chi connectivity index (χ3v) is 4.51. The molecule has 0 spiro atoms. The van der Waals surface area contributed by atoms with Crippen molar-refractivity contribution in [2.75, 3.05) is 13.2 Å². The molecule has 1 heterocycles. The second-order valence-corrected chi connectivity index (χ2v) is 6.86. The minimum absolute atomic E-state index is 0.000960. The molecule has 0 radical (unpaired) electrons. The van der Waals surface area contributed by atoms with Gasteiger partial charge in [0.2, 0.25) is 5.91 Å². The summed E-state index contributed by atoms with van der Waals surface area (Å²) in [5, 5.41) is 2.51. The zero-order chi connectivity index (χ0) is 23.1. The van der Waals surface area contributed by atoms with E-state index >= 15 is 0 Å². The Bertz CT molecular complexity index is 1170. The van der Waals surface area contributed by atoms with Gasteiger partial charge in [-0.3, -0.25) is 18.7 Å². The number of carbonyl (C=O) groups excluding carboxylic acids is 1. The molecule has 2 aromatic carbocycles. The number of hydrogen-bond acceptors (Lipinski definition) is 4. The number of nitrogens with one attached hydrogen (secondary N) is 1. The number of carbonyl (C=O) groups is 1. The molecule has 1 N–H and O–H groups in total. The van der Waals surface area contributed by atoms with E-state index in [2.05, 4.69) is 5.32 Å². The first-order chi connectivity index (χ1) is 15.2. The van der Waals surface area contributed by atoms with E-state index in [1.54, 1.807) is 0 Å².